The van der Waals surface area contributed by atoms with E-state index in [9.17, 15) is 4.79 Å². The van der Waals surface area contributed by atoms with Crippen molar-refractivity contribution in [2.24, 2.45) is 11.7 Å². The molecular formula is C15H20N2O. The fourth-order valence-corrected chi connectivity index (χ4v) is 2.19. The summed E-state index contributed by atoms with van der Waals surface area (Å²) in [7, 11) is 0. The lowest BCUT2D eigenvalue weighted by Crippen LogP contribution is -2.31. The Kier molecular flexibility index (Phi) is 4.53. The van der Waals surface area contributed by atoms with E-state index in [1.54, 1.807) is 0 Å². The number of benzene rings is 1. The number of hydrogen-bond acceptors (Lipinski definition) is 2. The van der Waals surface area contributed by atoms with Gasteiger partial charge in [-0.2, -0.15) is 0 Å². The van der Waals surface area contributed by atoms with Gasteiger partial charge in [-0.05, 0) is 24.8 Å². The number of nitrogens with one attached hydrogen (secondary N) is 1. The highest BCUT2D eigenvalue weighted by Gasteiger charge is 2.18. The Morgan fingerprint density at radius 3 is 2.61 bits per heavy atom. The van der Waals surface area contributed by atoms with Crippen LogP contribution in [0, 0.1) is 5.92 Å². The average Bonchev–Trinajstić information content (AvgIpc) is 2.93. The third-order valence-corrected chi connectivity index (χ3v) is 3.36. The van der Waals surface area contributed by atoms with Crippen molar-refractivity contribution in [2.75, 3.05) is 6.54 Å². The largest absolute Gasteiger partial charge is 0.356 e. The average molecular weight is 244 g/mol. The number of carbonyl (C=O) groups excluding carboxylic acids is 1. The minimum absolute atomic E-state index is 0.00629. The lowest BCUT2D eigenvalue weighted by molar-refractivity contribution is -0.124. The molecule has 1 amide bonds. The molecule has 1 unspecified atom stereocenters. The number of amides is 1. The Bertz CT molecular complexity index is 406. The third-order valence-electron chi connectivity index (χ3n) is 3.36. The Hall–Kier alpha value is -1.61. The maximum absolute atomic E-state index is 11.8. The molecule has 0 spiro atoms. The number of allylic oxidation sites excluding steroid dienone is 2. The first-order valence-corrected chi connectivity index (χ1v) is 6.50. The van der Waals surface area contributed by atoms with Crippen LogP contribution < -0.4 is 11.1 Å². The van der Waals surface area contributed by atoms with Crippen molar-refractivity contribution in [2.45, 2.75) is 25.3 Å². The molecule has 1 aliphatic carbocycles. The van der Waals surface area contributed by atoms with Gasteiger partial charge in [-0.1, -0.05) is 42.5 Å². The molecule has 96 valence electrons. The summed E-state index contributed by atoms with van der Waals surface area (Å²) in [6.45, 7) is 0.644. The summed E-state index contributed by atoms with van der Waals surface area (Å²) in [6.07, 6.45) is 6.66. The Labute approximate surface area is 108 Å². The van der Waals surface area contributed by atoms with Crippen LogP contribution in [-0.4, -0.2) is 12.5 Å². The topological polar surface area (TPSA) is 55.1 Å². The Balaban J connectivity index is 1.70. The van der Waals surface area contributed by atoms with Crippen LogP contribution in [0.4, 0.5) is 0 Å². The maximum Gasteiger partial charge on any atom is 0.223 e. The Morgan fingerprint density at radius 1 is 1.28 bits per heavy atom. The van der Waals surface area contributed by atoms with Crippen molar-refractivity contribution >= 4 is 5.91 Å². The molecule has 0 aliphatic heterocycles. The van der Waals surface area contributed by atoms with Crippen molar-refractivity contribution in [3.8, 4) is 0 Å². The normalized spacial score (nSPS) is 16.7. The third kappa shape index (κ3) is 3.44. The summed E-state index contributed by atoms with van der Waals surface area (Å²) in [4.78, 5) is 11.8. The first-order chi connectivity index (χ1) is 8.77. The van der Waals surface area contributed by atoms with Crippen LogP contribution in [0.3, 0.4) is 0 Å². The van der Waals surface area contributed by atoms with E-state index in [4.69, 9.17) is 5.73 Å². The summed E-state index contributed by atoms with van der Waals surface area (Å²) < 4.78 is 0. The fraction of sp³-hybridized carbons (Fsp3) is 0.400. The minimum atomic E-state index is -0.00629. The maximum atomic E-state index is 11.8. The van der Waals surface area contributed by atoms with Crippen LogP contribution >= 0.6 is 0 Å². The van der Waals surface area contributed by atoms with Crippen molar-refractivity contribution in [1.82, 2.24) is 5.32 Å². The van der Waals surface area contributed by atoms with Crippen molar-refractivity contribution in [3.63, 3.8) is 0 Å². The Morgan fingerprint density at radius 2 is 1.94 bits per heavy atom. The molecule has 3 nitrogen and oxygen atoms in total. The van der Waals surface area contributed by atoms with Crippen LogP contribution in [0.25, 0.3) is 0 Å². The van der Waals surface area contributed by atoms with Gasteiger partial charge in [0.25, 0.3) is 0 Å². The first kappa shape index (κ1) is 12.8. The number of nitrogens with two attached hydrogens (primary N) is 1. The van der Waals surface area contributed by atoms with Gasteiger partial charge in [-0.25, -0.2) is 0 Å². The standard InChI is InChI=1S/C15H20N2O/c16-14(12-6-2-1-3-7-12)10-11-17-15(18)13-8-4-5-9-13/h1-7,13-14H,8-11,16H2,(H,17,18). The zero-order valence-electron chi connectivity index (χ0n) is 10.5. The zero-order chi connectivity index (χ0) is 12.8. The summed E-state index contributed by atoms with van der Waals surface area (Å²) in [5.41, 5.74) is 7.19. The van der Waals surface area contributed by atoms with Crippen molar-refractivity contribution in [3.05, 3.63) is 48.0 Å². The molecule has 0 aromatic heterocycles. The van der Waals surface area contributed by atoms with E-state index >= 15 is 0 Å². The lowest BCUT2D eigenvalue weighted by atomic mass is 10.0. The molecule has 0 saturated carbocycles. The van der Waals surface area contributed by atoms with Crippen molar-refractivity contribution < 1.29 is 4.79 Å². The van der Waals surface area contributed by atoms with Gasteiger partial charge in [-0.15, -0.1) is 0 Å². The quantitative estimate of drug-likeness (QED) is 0.780. The van der Waals surface area contributed by atoms with Gasteiger partial charge in [0.1, 0.15) is 0 Å². The molecule has 1 aromatic rings. The van der Waals surface area contributed by atoms with Gasteiger partial charge >= 0.3 is 0 Å². The molecule has 3 N–H and O–H groups in total. The second-order valence-corrected chi connectivity index (χ2v) is 4.74. The molecular weight excluding hydrogens is 224 g/mol. The molecule has 0 bridgehead atoms. The van der Waals surface area contributed by atoms with Gasteiger partial charge in [0.15, 0.2) is 0 Å². The summed E-state index contributed by atoms with van der Waals surface area (Å²) in [5.74, 6) is 0.290. The minimum Gasteiger partial charge on any atom is -0.356 e. The summed E-state index contributed by atoms with van der Waals surface area (Å²) in [5, 5.41) is 2.97. The molecule has 0 radical (unpaired) electrons. The van der Waals surface area contributed by atoms with Gasteiger partial charge in [0, 0.05) is 18.5 Å². The van der Waals surface area contributed by atoms with Crippen LogP contribution in [0.5, 0.6) is 0 Å². The molecule has 3 heteroatoms. The first-order valence-electron chi connectivity index (χ1n) is 6.50. The lowest BCUT2D eigenvalue weighted by Gasteiger charge is -2.14. The molecule has 1 aromatic carbocycles. The molecule has 0 fully saturated rings. The predicted molar refractivity (Wildman–Crippen MR) is 72.9 cm³/mol. The van der Waals surface area contributed by atoms with E-state index in [1.165, 1.54) is 0 Å². The van der Waals surface area contributed by atoms with E-state index in [1.807, 2.05) is 30.3 Å². The highest BCUT2D eigenvalue weighted by Crippen LogP contribution is 2.18. The van der Waals surface area contributed by atoms with E-state index in [0.717, 1.165) is 24.8 Å². The highest BCUT2D eigenvalue weighted by molar-refractivity contribution is 5.79. The molecule has 1 atom stereocenters. The molecule has 0 heterocycles. The van der Waals surface area contributed by atoms with Gasteiger partial charge in [0.2, 0.25) is 5.91 Å². The van der Waals surface area contributed by atoms with E-state index in [2.05, 4.69) is 17.5 Å². The molecule has 1 aliphatic rings. The van der Waals surface area contributed by atoms with Gasteiger partial charge in [0.05, 0.1) is 0 Å². The fourth-order valence-electron chi connectivity index (χ4n) is 2.19. The SMILES string of the molecule is NC(CCNC(=O)C1CC=CC1)c1ccccc1. The van der Waals surface area contributed by atoms with Crippen LogP contribution in [-0.2, 0) is 4.79 Å². The number of carbonyl (C=O) groups is 1. The van der Waals surface area contributed by atoms with Gasteiger partial charge < -0.3 is 11.1 Å². The number of rotatable bonds is 5. The predicted octanol–water partition coefficient (Wildman–Crippen LogP) is 2.16. The second kappa shape index (κ2) is 6.36. The van der Waals surface area contributed by atoms with E-state index in [-0.39, 0.29) is 17.9 Å². The number of hydrogen-bond donors (Lipinski definition) is 2. The van der Waals surface area contributed by atoms with E-state index < -0.39 is 0 Å². The molecule has 2 rings (SSSR count). The van der Waals surface area contributed by atoms with Crippen LogP contribution in [0.15, 0.2) is 42.5 Å². The van der Waals surface area contributed by atoms with Crippen molar-refractivity contribution in [1.29, 1.82) is 0 Å². The summed E-state index contributed by atoms with van der Waals surface area (Å²) in [6, 6.07) is 9.98. The molecule has 18 heavy (non-hydrogen) atoms. The smallest absolute Gasteiger partial charge is 0.223 e. The zero-order valence-corrected chi connectivity index (χ0v) is 10.5. The second-order valence-electron chi connectivity index (χ2n) is 4.74. The van der Waals surface area contributed by atoms with E-state index in [0.29, 0.717) is 6.54 Å². The van der Waals surface area contributed by atoms with Crippen LogP contribution in [0.1, 0.15) is 30.9 Å². The monoisotopic (exact) mass is 244 g/mol. The van der Waals surface area contributed by atoms with Crippen LogP contribution in [0.2, 0.25) is 0 Å². The molecule has 0 saturated heterocycles. The van der Waals surface area contributed by atoms with Gasteiger partial charge in [-0.3, -0.25) is 4.79 Å². The highest BCUT2D eigenvalue weighted by atomic mass is 16.1. The summed E-state index contributed by atoms with van der Waals surface area (Å²) >= 11 is 0.